The summed E-state index contributed by atoms with van der Waals surface area (Å²) in [5, 5.41) is 61.7. The molecule has 0 saturated carbocycles. The maximum Gasteiger partial charge on any atom is 0.187 e. The van der Waals surface area contributed by atoms with Crippen molar-refractivity contribution in [2.24, 2.45) is 0 Å². The minimum Gasteiger partial charge on any atom is -0.394 e. The summed E-state index contributed by atoms with van der Waals surface area (Å²) < 4.78 is 36.7. The molecule has 0 spiro atoms. The number of fused-ring (bicyclic) bond motifs is 1. The number of aliphatic hydroxyl groups is 6. The van der Waals surface area contributed by atoms with Crippen LogP contribution in [0.5, 0.6) is 0 Å². The number of hydrogen-bond donors (Lipinski definition) is 6. The van der Waals surface area contributed by atoms with Crippen molar-refractivity contribution in [1.29, 1.82) is 0 Å². The lowest BCUT2D eigenvalue weighted by molar-refractivity contribution is -0.348. The summed E-state index contributed by atoms with van der Waals surface area (Å²) in [6, 6.07) is 0. The highest BCUT2D eigenvalue weighted by Gasteiger charge is 2.50. The van der Waals surface area contributed by atoms with Gasteiger partial charge < -0.3 is 59.1 Å². The van der Waals surface area contributed by atoms with Crippen LogP contribution in [0.25, 0.3) is 0 Å². The van der Waals surface area contributed by atoms with Gasteiger partial charge in [-0.15, -0.1) is 0 Å². The smallest absolute Gasteiger partial charge is 0.187 e. The largest absolute Gasteiger partial charge is 0.394 e. The molecule has 0 radical (unpaired) electrons. The molecule has 0 aromatic rings. The summed E-state index contributed by atoms with van der Waals surface area (Å²) >= 11 is 0. The average Bonchev–Trinajstić information content (AvgIpc) is 3.04. The minimum absolute atomic E-state index is 0.208. The Morgan fingerprint density at radius 1 is 0.744 bits per heavy atom. The van der Waals surface area contributed by atoms with Crippen LogP contribution >= 0.6 is 0 Å². The van der Waals surface area contributed by atoms with Crippen molar-refractivity contribution in [1.82, 2.24) is 0 Å². The lowest BCUT2D eigenvalue weighted by Gasteiger charge is -2.46. The van der Waals surface area contributed by atoms with Crippen molar-refractivity contribution in [2.75, 3.05) is 19.8 Å². The summed E-state index contributed by atoms with van der Waals surface area (Å²) in [6.07, 6.45) is -6.89. The number of hydrogen-bond acceptors (Lipinski definition) is 12. The van der Waals surface area contributed by atoms with E-state index in [9.17, 15) is 30.6 Å². The molecule has 13 atom stereocenters. The second-order valence-electron chi connectivity index (χ2n) is 10.9. The quantitative estimate of drug-likeness (QED) is 0.186. The van der Waals surface area contributed by atoms with Crippen LogP contribution < -0.4 is 0 Å². The van der Waals surface area contributed by atoms with Crippen molar-refractivity contribution < 1.29 is 59.1 Å². The molecule has 0 aliphatic carbocycles. The molecule has 3 aliphatic rings. The molecule has 0 bridgehead atoms. The first-order valence-electron chi connectivity index (χ1n) is 14.6. The Bertz CT molecular complexity index is 685. The molecule has 3 rings (SSSR count). The topological polar surface area (TPSA) is 177 Å². The van der Waals surface area contributed by atoms with Gasteiger partial charge in [-0.1, -0.05) is 33.1 Å². The molecule has 0 amide bonds. The summed E-state index contributed by atoms with van der Waals surface area (Å²) in [5.74, 6) is 0. The fourth-order valence-electron chi connectivity index (χ4n) is 5.44. The molecule has 3 fully saturated rings. The molecule has 5 unspecified atom stereocenters. The highest BCUT2D eigenvalue weighted by atomic mass is 16.7. The summed E-state index contributed by atoms with van der Waals surface area (Å²) in [5.41, 5.74) is 0. The zero-order chi connectivity index (χ0) is 28.5. The monoisotopic (exact) mass is 566 g/mol. The van der Waals surface area contributed by atoms with E-state index in [0.29, 0.717) is 25.9 Å². The minimum atomic E-state index is -1.45. The molecule has 3 aliphatic heterocycles. The molecule has 12 heteroatoms. The molecule has 0 aromatic heterocycles. The van der Waals surface area contributed by atoms with E-state index in [1.54, 1.807) is 6.92 Å². The molecule has 3 saturated heterocycles. The van der Waals surface area contributed by atoms with Gasteiger partial charge in [0, 0.05) is 6.61 Å². The molecular formula is C27H50O12. The first-order chi connectivity index (χ1) is 18.7. The van der Waals surface area contributed by atoms with Gasteiger partial charge in [0.1, 0.15) is 42.7 Å². The van der Waals surface area contributed by atoms with Crippen LogP contribution in [0.4, 0.5) is 0 Å². The van der Waals surface area contributed by atoms with Gasteiger partial charge in [0.25, 0.3) is 0 Å². The second-order valence-corrected chi connectivity index (χ2v) is 10.9. The van der Waals surface area contributed by atoms with Gasteiger partial charge in [-0.3, -0.25) is 0 Å². The van der Waals surface area contributed by atoms with Crippen molar-refractivity contribution in [3.63, 3.8) is 0 Å². The third-order valence-corrected chi connectivity index (χ3v) is 7.84. The maximum absolute atomic E-state index is 10.9. The molecule has 12 nitrogen and oxygen atoms in total. The zero-order valence-corrected chi connectivity index (χ0v) is 23.4. The van der Waals surface area contributed by atoms with Crippen LogP contribution in [0.2, 0.25) is 0 Å². The van der Waals surface area contributed by atoms with Gasteiger partial charge in [0.2, 0.25) is 0 Å². The van der Waals surface area contributed by atoms with Gasteiger partial charge in [-0.2, -0.15) is 0 Å². The molecule has 230 valence electrons. The summed E-state index contributed by atoms with van der Waals surface area (Å²) in [7, 11) is 0. The van der Waals surface area contributed by atoms with Crippen LogP contribution in [0.15, 0.2) is 0 Å². The maximum atomic E-state index is 10.9. The fourth-order valence-corrected chi connectivity index (χ4v) is 5.44. The molecular weight excluding hydrogens is 516 g/mol. The Morgan fingerprint density at radius 2 is 1.46 bits per heavy atom. The van der Waals surface area contributed by atoms with Crippen molar-refractivity contribution in [3.8, 4) is 0 Å². The van der Waals surface area contributed by atoms with E-state index in [2.05, 4.69) is 6.92 Å². The van der Waals surface area contributed by atoms with Crippen LogP contribution in [0, 0.1) is 0 Å². The third-order valence-electron chi connectivity index (χ3n) is 7.84. The Morgan fingerprint density at radius 3 is 2.13 bits per heavy atom. The molecule has 39 heavy (non-hydrogen) atoms. The Hall–Kier alpha value is -0.480. The van der Waals surface area contributed by atoms with E-state index in [-0.39, 0.29) is 6.61 Å². The highest BCUT2D eigenvalue weighted by Crippen LogP contribution is 2.33. The molecule has 3 heterocycles. The van der Waals surface area contributed by atoms with Crippen LogP contribution in [-0.2, 0) is 28.4 Å². The van der Waals surface area contributed by atoms with Crippen molar-refractivity contribution in [2.45, 2.75) is 152 Å². The Labute approximate surface area is 231 Å². The fraction of sp³-hybridized carbons (Fsp3) is 1.00. The van der Waals surface area contributed by atoms with E-state index in [1.165, 1.54) is 0 Å². The van der Waals surface area contributed by atoms with E-state index in [1.807, 2.05) is 6.92 Å². The zero-order valence-electron chi connectivity index (χ0n) is 23.4. The van der Waals surface area contributed by atoms with Crippen LogP contribution in [0.3, 0.4) is 0 Å². The normalized spacial score (nSPS) is 41.6. The molecule has 0 aromatic carbocycles. The first-order valence-corrected chi connectivity index (χ1v) is 14.6. The van der Waals surface area contributed by atoms with E-state index in [4.69, 9.17) is 28.4 Å². The average molecular weight is 567 g/mol. The van der Waals surface area contributed by atoms with Gasteiger partial charge in [-0.05, 0) is 39.0 Å². The number of unbranched alkanes of at least 4 members (excludes halogenated alkanes) is 1. The van der Waals surface area contributed by atoms with Gasteiger partial charge in [0.15, 0.2) is 12.6 Å². The Balaban J connectivity index is 1.84. The van der Waals surface area contributed by atoms with Gasteiger partial charge in [0.05, 0.1) is 37.6 Å². The van der Waals surface area contributed by atoms with Crippen molar-refractivity contribution >= 4 is 0 Å². The van der Waals surface area contributed by atoms with Gasteiger partial charge >= 0.3 is 0 Å². The van der Waals surface area contributed by atoms with Gasteiger partial charge in [-0.25, -0.2) is 0 Å². The van der Waals surface area contributed by atoms with Crippen LogP contribution in [-0.4, -0.2) is 130 Å². The second kappa shape index (κ2) is 16.2. The standard InChI is InChI=1S/C27H50O12/c1-4-6-11-18(17(9-5-2)37-26-23(33)22(32)20(30)15(3)35-26)38-27-25-24(21(31)19(14-29)39-27)36-16(13-28)10-7-8-12-34-25/h15-33H,4-14H2,1-3H3/t15?,16-,17-,18-,19?,20-,21+,22?,23+,24?,25?,26+,27-/m1/s1. The lowest BCUT2D eigenvalue weighted by atomic mass is 9.97. The van der Waals surface area contributed by atoms with E-state index >= 15 is 0 Å². The van der Waals surface area contributed by atoms with E-state index in [0.717, 1.165) is 32.1 Å². The number of aliphatic hydroxyl groups excluding tert-OH is 6. The predicted molar refractivity (Wildman–Crippen MR) is 138 cm³/mol. The SMILES string of the molecule is CCCC[C@@H](O[C@@H]1OC(CO)[C@H](O)C2O[C@@H](CO)CCCCOC21)[C@@H](CCC)O[C@@H]1OC(C)[C@@H](O)C(O)[C@@H]1O. The van der Waals surface area contributed by atoms with Crippen LogP contribution in [0.1, 0.15) is 72.1 Å². The number of ether oxygens (including phenoxy) is 6. The number of rotatable bonds is 12. The lowest BCUT2D eigenvalue weighted by Crippen LogP contribution is -2.62. The first kappa shape index (κ1) is 33.0. The molecule has 6 N–H and O–H groups in total. The predicted octanol–water partition coefficient (Wildman–Crippen LogP) is -0.0321. The highest BCUT2D eigenvalue weighted by molar-refractivity contribution is 4.94. The van der Waals surface area contributed by atoms with E-state index < -0.39 is 86.3 Å². The van der Waals surface area contributed by atoms with Crippen molar-refractivity contribution in [3.05, 3.63) is 0 Å². The third kappa shape index (κ3) is 8.52. The summed E-state index contributed by atoms with van der Waals surface area (Å²) in [4.78, 5) is 0. The Kier molecular flexibility index (Phi) is 13.7. The summed E-state index contributed by atoms with van der Waals surface area (Å²) in [6.45, 7) is 5.35.